The second kappa shape index (κ2) is 13.7. The van der Waals surface area contributed by atoms with Gasteiger partial charge in [0, 0.05) is 29.0 Å². The Kier molecular flexibility index (Phi) is 10.6. The van der Waals surface area contributed by atoms with Crippen molar-refractivity contribution < 1.29 is 14.3 Å². The van der Waals surface area contributed by atoms with Crippen molar-refractivity contribution in [3.63, 3.8) is 0 Å². The van der Waals surface area contributed by atoms with Crippen molar-refractivity contribution in [3.05, 3.63) is 97.9 Å². The van der Waals surface area contributed by atoms with E-state index >= 15 is 0 Å². The standard InChI is InChI=1S/C27H27Br2ClN2O3/c1-2-13-31-27(34)24(15-19-7-4-3-5-8-19)32(17-20-9-6-10-21(28)14-20)26(33)18-35-25-12-11-22(30)16-23(25)29/h3-12,14,16,24H,2,13,15,17-18H2,1H3,(H,31,34)/t24-/m0/s1. The Morgan fingerprint density at radius 3 is 2.43 bits per heavy atom. The van der Waals surface area contributed by atoms with E-state index in [1.54, 1.807) is 23.1 Å². The van der Waals surface area contributed by atoms with Crippen LogP contribution in [0.5, 0.6) is 5.75 Å². The fraction of sp³-hybridized carbons (Fsp3) is 0.259. The molecular formula is C27H27Br2ClN2O3. The van der Waals surface area contributed by atoms with E-state index in [2.05, 4.69) is 37.2 Å². The Morgan fingerprint density at radius 1 is 1.00 bits per heavy atom. The zero-order valence-electron chi connectivity index (χ0n) is 19.3. The summed E-state index contributed by atoms with van der Waals surface area (Å²) in [6, 6.07) is 21.8. The van der Waals surface area contributed by atoms with Gasteiger partial charge in [-0.3, -0.25) is 9.59 Å². The number of carbonyl (C=O) groups is 2. The molecule has 1 atom stereocenters. The molecule has 0 saturated carbocycles. The fourth-order valence-corrected chi connectivity index (χ4v) is 4.81. The molecule has 0 aliphatic rings. The molecule has 0 aliphatic heterocycles. The molecule has 0 saturated heterocycles. The molecule has 0 unspecified atom stereocenters. The maximum atomic E-state index is 13.6. The number of nitrogens with one attached hydrogen (secondary N) is 1. The van der Waals surface area contributed by atoms with Gasteiger partial charge in [0.1, 0.15) is 11.8 Å². The Hall–Kier alpha value is -2.35. The topological polar surface area (TPSA) is 58.6 Å². The van der Waals surface area contributed by atoms with E-state index in [0.717, 1.165) is 22.0 Å². The van der Waals surface area contributed by atoms with Crippen molar-refractivity contribution in [1.29, 1.82) is 0 Å². The number of benzene rings is 3. The van der Waals surface area contributed by atoms with Gasteiger partial charge in [-0.05, 0) is 63.8 Å². The van der Waals surface area contributed by atoms with Gasteiger partial charge in [0.15, 0.2) is 6.61 Å². The van der Waals surface area contributed by atoms with Crippen molar-refractivity contribution in [1.82, 2.24) is 10.2 Å². The Balaban J connectivity index is 1.90. The lowest BCUT2D eigenvalue weighted by Crippen LogP contribution is -2.51. The number of ether oxygens (including phenoxy) is 1. The van der Waals surface area contributed by atoms with Crippen LogP contribution in [0.25, 0.3) is 0 Å². The minimum absolute atomic E-state index is 0.188. The number of hydrogen-bond acceptors (Lipinski definition) is 3. The zero-order valence-corrected chi connectivity index (χ0v) is 23.3. The number of halogens is 3. The van der Waals surface area contributed by atoms with Gasteiger partial charge in [-0.25, -0.2) is 0 Å². The molecule has 0 aliphatic carbocycles. The summed E-state index contributed by atoms with van der Waals surface area (Å²) in [5.41, 5.74) is 1.87. The summed E-state index contributed by atoms with van der Waals surface area (Å²) in [5, 5.41) is 3.53. The average Bonchev–Trinajstić information content (AvgIpc) is 2.84. The summed E-state index contributed by atoms with van der Waals surface area (Å²) in [5.74, 6) is 0.0197. The first-order chi connectivity index (χ1) is 16.9. The molecule has 184 valence electrons. The van der Waals surface area contributed by atoms with Crippen molar-refractivity contribution in [3.8, 4) is 5.75 Å². The van der Waals surface area contributed by atoms with Crippen molar-refractivity contribution in [2.45, 2.75) is 32.4 Å². The van der Waals surface area contributed by atoms with Crippen LogP contribution in [0.3, 0.4) is 0 Å². The second-order valence-electron chi connectivity index (χ2n) is 8.01. The van der Waals surface area contributed by atoms with E-state index in [1.807, 2.05) is 61.5 Å². The summed E-state index contributed by atoms with van der Waals surface area (Å²) in [4.78, 5) is 28.5. The minimum atomic E-state index is -0.701. The van der Waals surface area contributed by atoms with E-state index in [-0.39, 0.29) is 25.0 Å². The van der Waals surface area contributed by atoms with Gasteiger partial charge in [-0.2, -0.15) is 0 Å². The predicted molar refractivity (Wildman–Crippen MR) is 147 cm³/mol. The monoisotopic (exact) mass is 620 g/mol. The largest absolute Gasteiger partial charge is 0.483 e. The maximum absolute atomic E-state index is 13.6. The molecule has 35 heavy (non-hydrogen) atoms. The van der Waals surface area contributed by atoms with Gasteiger partial charge in [0.25, 0.3) is 5.91 Å². The van der Waals surface area contributed by atoms with Gasteiger partial charge < -0.3 is 15.0 Å². The number of carbonyl (C=O) groups excluding carboxylic acids is 2. The van der Waals surface area contributed by atoms with Gasteiger partial charge in [0.05, 0.1) is 4.47 Å². The first kappa shape index (κ1) is 27.2. The zero-order chi connectivity index (χ0) is 25.2. The Labute approximate surface area is 228 Å². The lowest BCUT2D eigenvalue weighted by molar-refractivity contribution is -0.142. The SMILES string of the molecule is CCCNC(=O)[C@H](Cc1ccccc1)N(Cc1cccc(Br)c1)C(=O)COc1ccc(Cl)cc1Br. The van der Waals surface area contributed by atoms with Crippen LogP contribution in [0.4, 0.5) is 0 Å². The second-order valence-corrected chi connectivity index (χ2v) is 10.2. The van der Waals surface area contributed by atoms with E-state index in [0.29, 0.717) is 28.2 Å². The molecule has 0 heterocycles. The number of nitrogens with zero attached hydrogens (tertiary/aromatic N) is 1. The molecule has 0 aromatic heterocycles. The van der Waals surface area contributed by atoms with Crippen LogP contribution < -0.4 is 10.1 Å². The molecule has 0 radical (unpaired) electrons. The molecule has 5 nitrogen and oxygen atoms in total. The minimum Gasteiger partial charge on any atom is -0.483 e. The first-order valence-corrected chi connectivity index (χ1v) is 13.3. The van der Waals surface area contributed by atoms with Crippen LogP contribution in [0.1, 0.15) is 24.5 Å². The highest BCUT2D eigenvalue weighted by molar-refractivity contribution is 9.10. The lowest BCUT2D eigenvalue weighted by Gasteiger charge is -2.31. The van der Waals surface area contributed by atoms with Gasteiger partial charge in [-0.15, -0.1) is 0 Å². The van der Waals surface area contributed by atoms with Crippen molar-refractivity contribution >= 4 is 55.3 Å². The van der Waals surface area contributed by atoms with Crippen LogP contribution in [0.2, 0.25) is 5.02 Å². The molecule has 3 aromatic carbocycles. The number of hydrogen-bond donors (Lipinski definition) is 1. The summed E-state index contributed by atoms with van der Waals surface area (Å²) in [7, 11) is 0. The van der Waals surface area contributed by atoms with Crippen LogP contribution >= 0.6 is 43.5 Å². The molecule has 2 amide bonds. The molecule has 3 aromatic rings. The normalized spacial score (nSPS) is 11.5. The molecule has 3 rings (SSSR count). The smallest absolute Gasteiger partial charge is 0.261 e. The summed E-state index contributed by atoms with van der Waals surface area (Å²) in [6.07, 6.45) is 1.19. The number of rotatable bonds is 11. The Bertz CT molecular complexity index is 1140. The molecule has 0 bridgehead atoms. The fourth-order valence-electron chi connectivity index (χ4n) is 3.57. The average molecular weight is 623 g/mol. The predicted octanol–water partition coefficient (Wildman–Crippen LogP) is 6.41. The van der Waals surface area contributed by atoms with Crippen LogP contribution in [-0.2, 0) is 22.6 Å². The summed E-state index contributed by atoms with van der Waals surface area (Å²) in [6.45, 7) is 2.58. The van der Waals surface area contributed by atoms with E-state index < -0.39 is 6.04 Å². The number of amides is 2. The molecule has 8 heteroatoms. The van der Waals surface area contributed by atoms with E-state index in [4.69, 9.17) is 16.3 Å². The highest BCUT2D eigenvalue weighted by atomic mass is 79.9. The Morgan fingerprint density at radius 2 is 1.74 bits per heavy atom. The van der Waals surface area contributed by atoms with Crippen molar-refractivity contribution in [2.75, 3.05) is 13.2 Å². The quantitative estimate of drug-likeness (QED) is 0.269. The van der Waals surface area contributed by atoms with Gasteiger partial charge in [-0.1, -0.05) is 76.9 Å². The molecule has 1 N–H and O–H groups in total. The summed E-state index contributed by atoms with van der Waals surface area (Å²) >= 11 is 12.9. The van der Waals surface area contributed by atoms with E-state index in [9.17, 15) is 9.59 Å². The third-order valence-corrected chi connectivity index (χ3v) is 6.66. The highest BCUT2D eigenvalue weighted by Gasteiger charge is 2.30. The third-order valence-electron chi connectivity index (χ3n) is 5.31. The molecule has 0 spiro atoms. The summed E-state index contributed by atoms with van der Waals surface area (Å²) < 4.78 is 7.37. The van der Waals surface area contributed by atoms with Gasteiger partial charge in [0.2, 0.25) is 5.91 Å². The molecule has 0 fully saturated rings. The maximum Gasteiger partial charge on any atom is 0.261 e. The van der Waals surface area contributed by atoms with Crippen molar-refractivity contribution in [2.24, 2.45) is 0 Å². The third kappa shape index (κ3) is 8.37. The van der Waals surface area contributed by atoms with Gasteiger partial charge >= 0.3 is 0 Å². The lowest BCUT2D eigenvalue weighted by atomic mass is 10.0. The van der Waals surface area contributed by atoms with E-state index in [1.165, 1.54) is 0 Å². The molecular weight excluding hydrogens is 596 g/mol. The highest BCUT2D eigenvalue weighted by Crippen LogP contribution is 2.28. The van der Waals surface area contributed by atoms with Crippen LogP contribution in [-0.4, -0.2) is 35.9 Å². The first-order valence-electron chi connectivity index (χ1n) is 11.3. The van der Waals surface area contributed by atoms with Crippen LogP contribution in [0.15, 0.2) is 81.7 Å². The van der Waals surface area contributed by atoms with Crippen LogP contribution in [0, 0.1) is 0 Å².